The average Bonchev–Trinajstić information content (AvgIpc) is 2.86. The molecule has 0 fully saturated rings. The highest BCUT2D eigenvalue weighted by Gasteiger charge is 2.17. The van der Waals surface area contributed by atoms with Crippen LogP contribution in [0.25, 0.3) is 0 Å². The van der Waals surface area contributed by atoms with Crippen molar-refractivity contribution in [2.45, 2.75) is 6.54 Å². The van der Waals surface area contributed by atoms with E-state index in [1.165, 1.54) is 0 Å². The number of fused-ring (bicyclic) bond motifs is 1. The highest BCUT2D eigenvalue weighted by Crippen LogP contribution is 2.40. The molecule has 1 aliphatic rings. The first-order chi connectivity index (χ1) is 9.63. The Morgan fingerprint density at radius 2 is 1.95 bits per heavy atom. The Bertz CT molecular complexity index is 664. The molecule has 0 bridgehead atoms. The maximum atomic E-state index is 5.92. The standard InChI is InChI=1S/C14H10Br2ClNO2/c15-10-5-9(17)1-2-12(10)18-6-8-3-11(16)14-13(4-8)19-7-20-14/h1-5,18H,6-7H2. The molecule has 104 valence electrons. The second kappa shape index (κ2) is 5.84. The van der Waals surface area contributed by atoms with Crippen molar-refractivity contribution in [3.63, 3.8) is 0 Å². The van der Waals surface area contributed by atoms with Gasteiger partial charge in [-0.1, -0.05) is 11.6 Å². The predicted molar refractivity (Wildman–Crippen MR) is 86.7 cm³/mol. The van der Waals surface area contributed by atoms with E-state index < -0.39 is 0 Å². The second-order valence-electron chi connectivity index (χ2n) is 4.29. The molecular weight excluding hydrogens is 409 g/mol. The molecular formula is C14H10Br2ClNO2. The van der Waals surface area contributed by atoms with Gasteiger partial charge >= 0.3 is 0 Å². The zero-order valence-corrected chi connectivity index (χ0v) is 14.2. The Morgan fingerprint density at radius 1 is 1.10 bits per heavy atom. The van der Waals surface area contributed by atoms with Crippen LogP contribution >= 0.6 is 43.5 Å². The van der Waals surface area contributed by atoms with Crippen LogP contribution in [0.15, 0.2) is 39.3 Å². The molecule has 0 unspecified atom stereocenters. The second-order valence-corrected chi connectivity index (χ2v) is 6.43. The number of anilines is 1. The van der Waals surface area contributed by atoms with Gasteiger partial charge in [0.1, 0.15) is 0 Å². The summed E-state index contributed by atoms with van der Waals surface area (Å²) in [6, 6.07) is 9.65. The topological polar surface area (TPSA) is 30.5 Å². The van der Waals surface area contributed by atoms with Gasteiger partial charge in [-0.3, -0.25) is 0 Å². The van der Waals surface area contributed by atoms with Gasteiger partial charge in [0.25, 0.3) is 0 Å². The number of hydrogen-bond donors (Lipinski definition) is 1. The lowest BCUT2D eigenvalue weighted by Gasteiger charge is -2.10. The minimum atomic E-state index is 0.271. The van der Waals surface area contributed by atoms with E-state index in [4.69, 9.17) is 21.1 Å². The van der Waals surface area contributed by atoms with E-state index in [1.54, 1.807) is 0 Å². The molecule has 0 radical (unpaired) electrons. The van der Waals surface area contributed by atoms with Gasteiger partial charge < -0.3 is 14.8 Å². The van der Waals surface area contributed by atoms with Crippen LogP contribution < -0.4 is 14.8 Å². The molecule has 6 heteroatoms. The normalized spacial score (nSPS) is 12.6. The van der Waals surface area contributed by atoms with Crippen molar-refractivity contribution in [1.82, 2.24) is 0 Å². The van der Waals surface area contributed by atoms with Crippen molar-refractivity contribution in [1.29, 1.82) is 0 Å². The lowest BCUT2D eigenvalue weighted by atomic mass is 10.2. The molecule has 0 spiro atoms. The molecule has 1 N–H and O–H groups in total. The van der Waals surface area contributed by atoms with Crippen LogP contribution in [0.2, 0.25) is 5.02 Å². The Hall–Kier alpha value is -0.910. The number of rotatable bonds is 3. The zero-order valence-electron chi connectivity index (χ0n) is 10.3. The molecule has 2 aromatic rings. The van der Waals surface area contributed by atoms with E-state index in [0.717, 1.165) is 31.7 Å². The van der Waals surface area contributed by atoms with Crippen LogP contribution in [-0.2, 0) is 6.54 Å². The zero-order chi connectivity index (χ0) is 14.1. The molecule has 0 amide bonds. The number of hydrogen-bond acceptors (Lipinski definition) is 3. The van der Waals surface area contributed by atoms with E-state index in [9.17, 15) is 0 Å². The Kier molecular flexibility index (Phi) is 4.10. The van der Waals surface area contributed by atoms with Crippen molar-refractivity contribution in [3.8, 4) is 11.5 Å². The van der Waals surface area contributed by atoms with Crippen LogP contribution in [0.4, 0.5) is 5.69 Å². The van der Waals surface area contributed by atoms with Gasteiger partial charge in [0.15, 0.2) is 11.5 Å². The summed E-state index contributed by atoms with van der Waals surface area (Å²) in [4.78, 5) is 0. The summed E-state index contributed by atoms with van der Waals surface area (Å²) in [5.74, 6) is 1.53. The summed E-state index contributed by atoms with van der Waals surface area (Å²) >= 11 is 12.9. The lowest BCUT2D eigenvalue weighted by Crippen LogP contribution is -2.00. The van der Waals surface area contributed by atoms with Crippen LogP contribution in [0, 0.1) is 0 Å². The van der Waals surface area contributed by atoms with Crippen LogP contribution in [-0.4, -0.2) is 6.79 Å². The van der Waals surface area contributed by atoms with Gasteiger partial charge in [-0.05, 0) is 67.8 Å². The van der Waals surface area contributed by atoms with Gasteiger partial charge in [-0.2, -0.15) is 0 Å². The summed E-state index contributed by atoms with van der Waals surface area (Å²) in [6.45, 7) is 0.947. The van der Waals surface area contributed by atoms with Crippen LogP contribution in [0.3, 0.4) is 0 Å². The summed E-state index contributed by atoms with van der Waals surface area (Å²) in [7, 11) is 0. The minimum Gasteiger partial charge on any atom is -0.454 e. The van der Waals surface area contributed by atoms with Crippen molar-refractivity contribution >= 4 is 49.1 Å². The maximum absolute atomic E-state index is 5.92. The number of halogens is 3. The first kappa shape index (κ1) is 14.0. The summed E-state index contributed by atoms with van der Waals surface area (Å²) in [5.41, 5.74) is 2.09. The number of benzene rings is 2. The summed E-state index contributed by atoms with van der Waals surface area (Å²) < 4.78 is 12.6. The average molecular weight is 420 g/mol. The van der Waals surface area contributed by atoms with E-state index >= 15 is 0 Å². The Labute approximate surface area is 138 Å². The Morgan fingerprint density at radius 3 is 2.75 bits per heavy atom. The third-order valence-electron chi connectivity index (χ3n) is 2.90. The fourth-order valence-corrected chi connectivity index (χ4v) is 3.38. The molecule has 0 saturated carbocycles. The minimum absolute atomic E-state index is 0.271. The fourth-order valence-electron chi connectivity index (χ4n) is 1.95. The van der Waals surface area contributed by atoms with Gasteiger partial charge in [-0.15, -0.1) is 0 Å². The molecule has 20 heavy (non-hydrogen) atoms. The third-order valence-corrected chi connectivity index (χ3v) is 4.38. The molecule has 0 aliphatic carbocycles. The fraction of sp³-hybridized carbons (Fsp3) is 0.143. The van der Waals surface area contributed by atoms with Crippen LogP contribution in [0.1, 0.15) is 5.56 Å². The number of nitrogens with one attached hydrogen (secondary N) is 1. The van der Waals surface area contributed by atoms with Crippen molar-refractivity contribution in [2.75, 3.05) is 12.1 Å². The molecule has 3 rings (SSSR count). The first-order valence-electron chi connectivity index (χ1n) is 5.90. The van der Waals surface area contributed by atoms with Gasteiger partial charge in [-0.25, -0.2) is 0 Å². The highest BCUT2D eigenvalue weighted by atomic mass is 79.9. The molecule has 0 atom stereocenters. The molecule has 2 aromatic carbocycles. The highest BCUT2D eigenvalue weighted by molar-refractivity contribution is 9.11. The number of ether oxygens (including phenoxy) is 2. The molecule has 1 heterocycles. The van der Waals surface area contributed by atoms with Crippen molar-refractivity contribution < 1.29 is 9.47 Å². The van der Waals surface area contributed by atoms with E-state index in [2.05, 4.69) is 37.2 Å². The molecule has 0 aromatic heterocycles. The predicted octanol–water partition coefficient (Wildman–Crippen LogP) is 5.21. The van der Waals surface area contributed by atoms with Crippen LogP contribution in [0.5, 0.6) is 11.5 Å². The summed E-state index contributed by atoms with van der Waals surface area (Å²) in [6.07, 6.45) is 0. The molecule has 0 saturated heterocycles. The lowest BCUT2D eigenvalue weighted by molar-refractivity contribution is 0.173. The van der Waals surface area contributed by atoms with E-state index in [1.807, 2.05) is 30.3 Å². The maximum Gasteiger partial charge on any atom is 0.231 e. The van der Waals surface area contributed by atoms with Crippen molar-refractivity contribution in [2.24, 2.45) is 0 Å². The quantitative estimate of drug-likeness (QED) is 0.741. The largest absolute Gasteiger partial charge is 0.454 e. The smallest absolute Gasteiger partial charge is 0.231 e. The monoisotopic (exact) mass is 417 g/mol. The SMILES string of the molecule is Clc1ccc(NCc2cc(Br)c3c(c2)OCO3)c(Br)c1. The van der Waals surface area contributed by atoms with E-state index in [-0.39, 0.29) is 6.79 Å². The van der Waals surface area contributed by atoms with Crippen molar-refractivity contribution in [3.05, 3.63) is 49.9 Å². The van der Waals surface area contributed by atoms with Gasteiger partial charge in [0, 0.05) is 21.7 Å². The van der Waals surface area contributed by atoms with E-state index in [0.29, 0.717) is 11.6 Å². The summed E-state index contributed by atoms with van der Waals surface area (Å²) in [5, 5.41) is 4.05. The third kappa shape index (κ3) is 2.90. The van der Waals surface area contributed by atoms with Gasteiger partial charge in [0.2, 0.25) is 6.79 Å². The van der Waals surface area contributed by atoms with Gasteiger partial charge in [0.05, 0.1) is 4.47 Å². The Balaban J connectivity index is 1.77. The molecule has 1 aliphatic heterocycles. The first-order valence-corrected chi connectivity index (χ1v) is 7.87. The molecule has 3 nitrogen and oxygen atoms in total.